The molecule has 0 aliphatic rings. The lowest BCUT2D eigenvalue weighted by Crippen LogP contribution is -2.03. The number of alkyl halides is 1. The summed E-state index contributed by atoms with van der Waals surface area (Å²) in [4.78, 5) is 13.0. The molecule has 0 radical (unpaired) electrons. The van der Waals surface area contributed by atoms with Crippen molar-refractivity contribution in [2.24, 2.45) is 0 Å². The number of hydrogen-bond donors (Lipinski definition) is 0. The third-order valence-corrected chi connectivity index (χ3v) is 3.94. The molecule has 108 valence electrons. The lowest BCUT2D eigenvalue weighted by Gasteiger charge is -2.11. The summed E-state index contributed by atoms with van der Waals surface area (Å²) in [5.41, 5.74) is 2.18. The summed E-state index contributed by atoms with van der Waals surface area (Å²) >= 11 is 9.85. The van der Waals surface area contributed by atoms with E-state index in [1.165, 1.54) is 6.33 Å². The molecule has 0 fully saturated rings. The second-order valence-electron chi connectivity index (χ2n) is 4.43. The van der Waals surface area contributed by atoms with Gasteiger partial charge >= 0.3 is 0 Å². The quantitative estimate of drug-likeness (QED) is 0.659. The molecule has 0 bridgehead atoms. The molecule has 2 heterocycles. The van der Waals surface area contributed by atoms with Crippen molar-refractivity contribution in [1.29, 1.82) is 0 Å². The van der Waals surface area contributed by atoms with Crippen LogP contribution in [0.1, 0.15) is 18.1 Å². The number of aromatic nitrogens is 4. The lowest BCUT2D eigenvalue weighted by molar-refractivity contribution is 0.401. The largest absolute Gasteiger partial charge is 0.479 e. The molecule has 0 saturated heterocycles. The predicted molar refractivity (Wildman–Crippen MR) is 85.2 cm³/mol. The zero-order chi connectivity index (χ0) is 15.0. The van der Waals surface area contributed by atoms with Gasteiger partial charge in [0.15, 0.2) is 11.2 Å². The number of methoxy groups -OCH3 is 1. The highest BCUT2D eigenvalue weighted by atomic mass is 79.9. The second-order valence-corrected chi connectivity index (χ2v) is 5.94. The Balaban J connectivity index is 2.40. The van der Waals surface area contributed by atoms with Crippen molar-refractivity contribution in [2.45, 2.75) is 12.3 Å². The topological polar surface area (TPSA) is 52.8 Å². The van der Waals surface area contributed by atoms with Crippen LogP contribution in [0.3, 0.4) is 0 Å². The Morgan fingerprint density at radius 3 is 2.71 bits per heavy atom. The normalized spacial score (nSPS) is 12.6. The molecule has 0 aliphatic carbocycles. The maximum absolute atomic E-state index is 6.29. The number of fused-ring (bicyclic) bond motifs is 1. The van der Waals surface area contributed by atoms with Crippen LogP contribution in [-0.2, 0) is 0 Å². The molecule has 0 amide bonds. The Morgan fingerprint density at radius 1 is 1.29 bits per heavy atom. The number of imidazole rings is 1. The minimum Gasteiger partial charge on any atom is -0.479 e. The van der Waals surface area contributed by atoms with Crippen molar-refractivity contribution in [3.8, 4) is 11.6 Å². The van der Waals surface area contributed by atoms with E-state index >= 15 is 0 Å². The van der Waals surface area contributed by atoms with Crippen molar-refractivity contribution in [2.75, 3.05) is 7.11 Å². The van der Waals surface area contributed by atoms with E-state index in [-0.39, 0.29) is 5.38 Å². The summed E-state index contributed by atoms with van der Waals surface area (Å²) in [6.45, 7) is 1.87. The number of rotatable bonds is 3. The highest BCUT2D eigenvalue weighted by molar-refractivity contribution is 9.10. The monoisotopic (exact) mass is 366 g/mol. The van der Waals surface area contributed by atoms with Gasteiger partial charge in [0.2, 0.25) is 5.88 Å². The molecule has 7 heteroatoms. The van der Waals surface area contributed by atoms with Crippen molar-refractivity contribution in [3.63, 3.8) is 0 Å². The van der Waals surface area contributed by atoms with Crippen LogP contribution in [0, 0.1) is 0 Å². The highest BCUT2D eigenvalue weighted by Gasteiger charge is 2.21. The van der Waals surface area contributed by atoms with Crippen LogP contribution in [-0.4, -0.2) is 26.6 Å². The maximum Gasteiger partial charge on any atom is 0.245 e. The number of halogens is 2. The molecule has 1 atom stereocenters. The Bertz CT molecular complexity index is 803. The van der Waals surface area contributed by atoms with Gasteiger partial charge in [0.05, 0.1) is 18.2 Å². The number of nitrogens with zero attached hydrogens (tertiary/aromatic N) is 4. The number of ether oxygens (including phenoxy) is 1. The van der Waals surface area contributed by atoms with Crippen molar-refractivity contribution >= 4 is 38.7 Å². The molecular weight excluding hydrogens is 356 g/mol. The molecule has 1 unspecified atom stereocenters. The minimum absolute atomic E-state index is 0.281. The fourth-order valence-electron chi connectivity index (χ4n) is 2.18. The SMILES string of the molecule is COc1ncnc2c1nc(C(C)Cl)n2-c1ccccc1Br. The van der Waals surface area contributed by atoms with E-state index in [4.69, 9.17) is 16.3 Å². The van der Waals surface area contributed by atoms with Gasteiger partial charge in [-0.05, 0) is 35.0 Å². The van der Waals surface area contributed by atoms with Gasteiger partial charge in [0.25, 0.3) is 0 Å². The van der Waals surface area contributed by atoms with E-state index in [2.05, 4.69) is 30.9 Å². The Morgan fingerprint density at radius 2 is 2.05 bits per heavy atom. The van der Waals surface area contributed by atoms with E-state index in [0.717, 1.165) is 10.2 Å². The fourth-order valence-corrected chi connectivity index (χ4v) is 2.78. The first-order valence-corrected chi connectivity index (χ1v) is 7.52. The van der Waals surface area contributed by atoms with Crippen molar-refractivity contribution in [3.05, 3.63) is 40.9 Å². The average molecular weight is 368 g/mol. The summed E-state index contributed by atoms with van der Waals surface area (Å²) in [6.07, 6.45) is 1.46. The van der Waals surface area contributed by atoms with Crippen LogP contribution in [0.5, 0.6) is 5.88 Å². The zero-order valence-corrected chi connectivity index (χ0v) is 13.8. The molecule has 0 N–H and O–H groups in total. The van der Waals surface area contributed by atoms with Crippen molar-refractivity contribution < 1.29 is 4.74 Å². The van der Waals surface area contributed by atoms with Gasteiger partial charge < -0.3 is 4.74 Å². The third kappa shape index (κ3) is 2.38. The van der Waals surface area contributed by atoms with E-state index in [0.29, 0.717) is 22.9 Å². The minimum atomic E-state index is -0.281. The van der Waals surface area contributed by atoms with E-state index in [9.17, 15) is 0 Å². The van der Waals surface area contributed by atoms with Crippen LogP contribution in [0.15, 0.2) is 35.1 Å². The predicted octanol–water partition coefficient (Wildman–Crippen LogP) is 3.89. The molecule has 2 aromatic heterocycles. The molecular formula is C14H12BrClN4O. The van der Waals surface area contributed by atoms with Gasteiger partial charge in [-0.25, -0.2) is 9.97 Å². The number of para-hydroxylation sites is 1. The molecule has 0 aliphatic heterocycles. The van der Waals surface area contributed by atoms with Crippen LogP contribution in [0.25, 0.3) is 16.9 Å². The molecule has 3 aromatic rings. The molecule has 21 heavy (non-hydrogen) atoms. The number of benzene rings is 1. The summed E-state index contributed by atoms with van der Waals surface area (Å²) in [7, 11) is 1.56. The third-order valence-electron chi connectivity index (χ3n) is 3.08. The molecule has 1 aromatic carbocycles. The van der Waals surface area contributed by atoms with Gasteiger partial charge in [-0.15, -0.1) is 11.6 Å². The van der Waals surface area contributed by atoms with Crippen LogP contribution in [0.2, 0.25) is 0 Å². The first-order chi connectivity index (χ1) is 10.1. The number of hydrogen-bond acceptors (Lipinski definition) is 4. The summed E-state index contributed by atoms with van der Waals surface area (Å²) < 4.78 is 8.11. The van der Waals surface area contributed by atoms with Gasteiger partial charge in [-0.3, -0.25) is 4.57 Å². The van der Waals surface area contributed by atoms with Crippen LogP contribution in [0.4, 0.5) is 0 Å². The Labute approximate surface area is 135 Å². The average Bonchev–Trinajstić information content (AvgIpc) is 2.87. The van der Waals surface area contributed by atoms with Crippen LogP contribution < -0.4 is 4.74 Å². The zero-order valence-electron chi connectivity index (χ0n) is 11.4. The van der Waals surface area contributed by atoms with Crippen molar-refractivity contribution in [1.82, 2.24) is 19.5 Å². The molecule has 5 nitrogen and oxygen atoms in total. The first kappa shape index (κ1) is 14.3. The molecule has 0 spiro atoms. The lowest BCUT2D eigenvalue weighted by atomic mass is 10.3. The smallest absolute Gasteiger partial charge is 0.245 e. The standard InChI is InChI=1S/C14H12BrClN4O/c1-8(16)12-19-11-13(17-7-18-14(11)21-2)20(12)10-6-4-3-5-9(10)15/h3-8H,1-2H3. The van der Waals surface area contributed by atoms with Gasteiger partial charge in [0.1, 0.15) is 12.2 Å². The second kappa shape index (κ2) is 5.61. The van der Waals surface area contributed by atoms with Gasteiger partial charge in [0, 0.05) is 4.47 Å². The Kier molecular flexibility index (Phi) is 3.82. The fraction of sp³-hybridized carbons (Fsp3) is 0.214. The van der Waals surface area contributed by atoms with E-state index in [1.54, 1.807) is 7.11 Å². The van der Waals surface area contributed by atoms with E-state index in [1.807, 2.05) is 35.8 Å². The first-order valence-electron chi connectivity index (χ1n) is 6.29. The summed E-state index contributed by atoms with van der Waals surface area (Å²) in [6, 6.07) is 7.84. The van der Waals surface area contributed by atoms with Crippen LogP contribution >= 0.6 is 27.5 Å². The summed E-state index contributed by atoms with van der Waals surface area (Å²) in [5.74, 6) is 1.13. The Hall–Kier alpha value is -1.66. The molecule has 3 rings (SSSR count). The van der Waals surface area contributed by atoms with E-state index < -0.39 is 0 Å². The highest BCUT2D eigenvalue weighted by Crippen LogP contribution is 2.32. The van der Waals surface area contributed by atoms with Gasteiger partial charge in [-0.2, -0.15) is 4.98 Å². The summed E-state index contributed by atoms with van der Waals surface area (Å²) in [5, 5.41) is -0.281. The van der Waals surface area contributed by atoms with Gasteiger partial charge in [-0.1, -0.05) is 12.1 Å². The molecule has 0 saturated carbocycles. The maximum atomic E-state index is 6.29.